The van der Waals surface area contributed by atoms with E-state index in [9.17, 15) is 22.4 Å². The second-order valence-corrected chi connectivity index (χ2v) is 4.69. The van der Waals surface area contributed by atoms with Crippen molar-refractivity contribution in [2.75, 3.05) is 5.32 Å². The van der Waals surface area contributed by atoms with Gasteiger partial charge in [0.1, 0.15) is 11.6 Å². The quantitative estimate of drug-likeness (QED) is 0.823. The number of halogens is 4. The monoisotopic (exact) mass is 299 g/mol. The first-order chi connectivity index (χ1) is 9.86. The van der Waals surface area contributed by atoms with Crippen LogP contribution in [0.3, 0.4) is 0 Å². The molecule has 1 aromatic heterocycles. The maximum atomic E-state index is 13.2. The molecule has 0 saturated heterocycles. The molecule has 1 N–H and O–H groups in total. The normalized spacial score (nSPS) is 18.3. The van der Waals surface area contributed by atoms with Crippen LogP contribution in [-0.4, -0.2) is 21.9 Å². The van der Waals surface area contributed by atoms with Crippen molar-refractivity contribution in [2.24, 2.45) is 0 Å². The molecule has 3 rings (SSSR count). The fraction of sp³-hybridized carbons (Fsp3) is 0.231. The Bertz CT molecular complexity index is 708. The SMILES string of the molecule is O=C1C[C@@H](C(F)(F)F)c2cnn(-c3cccc(F)c3)c2N1. The van der Waals surface area contributed by atoms with Crippen LogP contribution in [0, 0.1) is 5.82 Å². The molecule has 0 radical (unpaired) electrons. The van der Waals surface area contributed by atoms with Crippen molar-refractivity contribution in [3.05, 3.63) is 41.8 Å². The van der Waals surface area contributed by atoms with Gasteiger partial charge in [-0.1, -0.05) is 6.07 Å². The van der Waals surface area contributed by atoms with E-state index in [0.29, 0.717) is 0 Å². The van der Waals surface area contributed by atoms with Gasteiger partial charge in [0.2, 0.25) is 5.91 Å². The number of fused-ring (bicyclic) bond motifs is 1. The van der Waals surface area contributed by atoms with Crippen LogP contribution in [0.15, 0.2) is 30.5 Å². The number of benzene rings is 1. The van der Waals surface area contributed by atoms with Crippen LogP contribution < -0.4 is 5.32 Å². The highest BCUT2D eigenvalue weighted by Gasteiger charge is 2.46. The molecule has 1 amide bonds. The highest BCUT2D eigenvalue weighted by molar-refractivity contribution is 5.94. The number of hydrogen-bond acceptors (Lipinski definition) is 2. The number of alkyl halides is 3. The fourth-order valence-corrected chi connectivity index (χ4v) is 2.32. The standard InChI is InChI=1S/C13H9F4N3O/c14-7-2-1-3-8(4-7)20-12-9(6-18-20)10(13(15,16)17)5-11(21)19-12/h1-4,6,10H,5H2,(H,19,21)/t10-/m1/s1. The van der Waals surface area contributed by atoms with Gasteiger partial charge >= 0.3 is 6.18 Å². The van der Waals surface area contributed by atoms with E-state index in [1.807, 2.05) is 0 Å². The Balaban J connectivity index is 2.12. The summed E-state index contributed by atoms with van der Waals surface area (Å²) in [5.74, 6) is -3.27. The molecule has 2 aromatic rings. The van der Waals surface area contributed by atoms with Gasteiger partial charge in [-0.05, 0) is 18.2 Å². The molecule has 0 spiro atoms. The number of carbonyl (C=O) groups is 1. The molecule has 0 aliphatic carbocycles. The lowest BCUT2D eigenvalue weighted by Gasteiger charge is -2.25. The van der Waals surface area contributed by atoms with Gasteiger partial charge in [-0.2, -0.15) is 18.3 Å². The lowest BCUT2D eigenvalue weighted by molar-refractivity contribution is -0.156. The minimum Gasteiger partial charge on any atom is -0.310 e. The van der Waals surface area contributed by atoms with E-state index >= 15 is 0 Å². The zero-order chi connectivity index (χ0) is 15.2. The third kappa shape index (κ3) is 2.37. The molecular weight excluding hydrogens is 290 g/mol. The number of rotatable bonds is 1. The predicted molar refractivity (Wildman–Crippen MR) is 65.6 cm³/mol. The highest BCUT2D eigenvalue weighted by atomic mass is 19.4. The molecule has 0 unspecified atom stereocenters. The first-order valence-corrected chi connectivity index (χ1v) is 6.06. The molecule has 110 valence electrons. The average molecular weight is 299 g/mol. The maximum absolute atomic E-state index is 13.2. The maximum Gasteiger partial charge on any atom is 0.396 e. The number of nitrogens with zero attached hydrogens (tertiary/aromatic N) is 2. The van der Waals surface area contributed by atoms with Gasteiger partial charge in [0.15, 0.2) is 0 Å². The number of hydrogen-bond donors (Lipinski definition) is 1. The van der Waals surface area contributed by atoms with Crippen LogP contribution in [0.5, 0.6) is 0 Å². The number of carbonyl (C=O) groups excluding carboxylic acids is 1. The lowest BCUT2D eigenvalue weighted by atomic mass is 9.94. The number of amides is 1. The van der Waals surface area contributed by atoms with Gasteiger partial charge in [-0.15, -0.1) is 0 Å². The number of anilines is 1. The van der Waals surface area contributed by atoms with Crippen molar-refractivity contribution in [3.8, 4) is 5.69 Å². The highest BCUT2D eigenvalue weighted by Crippen LogP contribution is 2.43. The molecule has 1 aliphatic rings. The number of nitrogens with one attached hydrogen (secondary N) is 1. The molecular formula is C13H9F4N3O. The van der Waals surface area contributed by atoms with Crippen LogP contribution in [-0.2, 0) is 4.79 Å². The van der Waals surface area contributed by atoms with Crippen molar-refractivity contribution in [1.82, 2.24) is 9.78 Å². The van der Waals surface area contributed by atoms with Gasteiger partial charge < -0.3 is 5.32 Å². The van der Waals surface area contributed by atoms with E-state index in [1.54, 1.807) is 0 Å². The molecule has 1 atom stereocenters. The Kier molecular flexibility index (Phi) is 2.96. The molecule has 1 aromatic carbocycles. The molecule has 8 heteroatoms. The van der Waals surface area contributed by atoms with Crippen molar-refractivity contribution in [3.63, 3.8) is 0 Å². The smallest absolute Gasteiger partial charge is 0.310 e. The van der Waals surface area contributed by atoms with Crippen molar-refractivity contribution >= 4 is 11.7 Å². The van der Waals surface area contributed by atoms with Gasteiger partial charge in [0, 0.05) is 12.0 Å². The largest absolute Gasteiger partial charge is 0.396 e. The summed E-state index contributed by atoms with van der Waals surface area (Å²) >= 11 is 0. The molecule has 0 bridgehead atoms. The summed E-state index contributed by atoms with van der Waals surface area (Å²) in [6.07, 6.45) is -4.16. The Morgan fingerprint density at radius 2 is 2.10 bits per heavy atom. The molecule has 21 heavy (non-hydrogen) atoms. The van der Waals surface area contributed by atoms with E-state index in [1.165, 1.54) is 18.2 Å². The van der Waals surface area contributed by atoms with Crippen LogP contribution in [0.2, 0.25) is 0 Å². The molecule has 0 saturated carbocycles. The zero-order valence-corrected chi connectivity index (χ0v) is 10.5. The average Bonchev–Trinajstić information content (AvgIpc) is 2.80. The molecule has 4 nitrogen and oxygen atoms in total. The Morgan fingerprint density at radius 3 is 2.76 bits per heavy atom. The first-order valence-electron chi connectivity index (χ1n) is 6.06. The third-order valence-electron chi connectivity index (χ3n) is 3.27. The van der Waals surface area contributed by atoms with Crippen LogP contribution in [0.4, 0.5) is 23.4 Å². The Hall–Kier alpha value is -2.38. The van der Waals surface area contributed by atoms with Gasteiger partial charge in [-0.3, -0.25) is 4.79 Å². The van der Waals surface area contributed by atoms with Crippen LogP contribution in [0.25, 0.3) is 5.69 Å². The minimum absolute atomic E-state index is 0.0702. The summed E-state index contributed by atoms with van der Waals surface area (Å²) < 4.78 is 53.3. The Morgan fingerprint density at radius 1 is 1.33 bits per heavy atom. The van der Waals surface area contributed by atoms with Gasteiger partial charge in [-0.25, -0.2) is 9.07 Å². The molecule has 1 aliphatic heterocycles. The van der Waals surface area contributed by atoms with E-state index < -0.39 is 30.2 Å². The number of aromatic nitrogens is 2. The summed E-state index contributed by atoms with van der Waals surface area (Å²) in [5.41, 5.74) is 0.116. The summed E-state index contributed by atoms with van der Waals surface area (Å²) in [6.45, 7) is 0. The Labute approximate surface area is 116 Å². The van der Waals surface area contributed by atoms with Crippen molar-refractivity contribution in [2.45, 2.75) is 18.5 Å². The summed E-state index contributed by atoms with van der Waals surface area (Å²) in [7, 11) is 0. The lowest BCUT2D eigenvalue weighted by Crippen LogP contribution is -2.31. The zero-order valence-electron chi connectivity index (χ0n) is 10.5. The summed E-state index contributed by atoms with van der Waals surface area (Å²) in [6, 6.07) is 5.22. The van der Waals surface area contributed by atoms with Crippen molar-refractivity contribution in [1.29, 1.82) is 0 Å². The van der Waals surface area contributed by atoms with E-state index in [0.717, 1.165) is 16.9 Å². The van der Waals surface area contributed by atoms with Gasteiger partial charge in [0.25, 0.3) is 0 Å². The minimum atomic E-state index is -4.54. The predicted octanol–water partition coefficient (Wildman–Crippen LogP) is 3.00. The third-order valence-corrected chi connectivity index (χ3v) is 3.27. The topological polar surface area (TPSA) is 46.9 Å². The summed E-state index contributed by atoms with van der Waals surface area (Å²) in [4.78, 5) is 11.5. The second kappa shape index (κ2) is 4.57. The van der Waals surface area contributed by atoms with Crippen molar-refractivity contribution < 1.29 is 22.4 Å². The summed E-state index contributed by atoms with van der Waals surface area (Å²) in [5, 5.41) is 6.21. The van der Waals surface area contributed by atoms with Crippen LogP contribution >= 0.6 is 0 Å². The van der Waals surface area contributed by atoms with E-state index in [-0.39, 0.29) is 17.1 Å². The second-order valence-electron chi connectivity index (χ2n) is 4.69. The fourth-order valence-electron chi connectivity index (χ4n) is 2.32. The van der Waals surface area contributed by atoms with Crippen LogP contribution in [0.1, 0.15) is 17.9 Å². The first kappa shape index (κ1) is 13.6. The molecule has 2 heterocycles. The van der Waals surface area contributed by atoms with E-state index in [2.05, 4.69) is 10.4 Å². The molecule has 0 fully saturated rings. The van der Waals surface area contributed by atoms with E-state index in [4.69, 9.17) is 0 Å². The van der Waals surface area contributed by atoms with Gasteiger partial charge in [0.05, 0.1) is 17.8 Å².